The molecule has 0 radical (unpaired) electrons. The molecule has 0 spiro atoms. The summed E-state index contributed by atoms with van der Waals surface area (Å²) in [4.78, 5) is 18.9. The molecule has 0 fully saturated rings. The standard InChI is InChI=1S/C12H13BrClN3O2S/c1-2-11-16-8(7-19-11)5-17(12(18)3-14)6-10-9(13)4-15-20-10/h4,7H,2-3,5-6H2,1H3. The Morgan fingerprint density at radius 1 is 1.55 bits per heavy atom. The third kappa shape index (κ3) is 3.80. The van der Waals surface area contributed by atoms with E-state index < -0.39 is 0 Å². The number of oxazole rings is 1. The number of aromatic nitrogens is 2. The van der Waals surface area contributed by atoms with Gasteiger partial charge in [-0.05, 0) is 27.5 Å². The van der Waals surface area contributed by atoms with Crippen molar-refractivity contribution < 1.29 is 9.21 Å². The highest BCUT2D eigenvalue weighted by molar-refractivity contribution is 9.10. The molecular formula is C12H13BrClN3O2S. The fourth-order valence-corrected chi connectivity index (χ4v) is 3.01. The van der Waals surface area contributed by atoms with Crippen molar-refractivity contribution in [3.8, 4) is 0 Å². The van der Waals surface area contributed by atoms with Crippen molar-refractivity contribution in [2.24, 2.45) is 0 Å². The molecule has 108 valence electrons. The molecule has 2 aromatic rings. The molecule has 0 saturated carbocycles. The predicted molar refractivity (Wildman–Crippen MR) is 80.7 cm³/mol. The average molecular weight is 379 g/mol. The second-order valence-electron chi connectivity index (χ2n) is 4.07. The van der Waals surface area contributed by atoms with Crippen LogP contribution in [-0.4, -0.2) is 26.0 Å². The van der Waals surface area contributed by atoms with Gasteiger partial charge in [0, 0.05) is 6.42 Å². The summed E-state index contributed by atoms with van der Waals surface area (Å²) in [7, 11) is 0. The fourth-order valence-electron chi connectivity index (χ4n) is 1.63. The summed E-state index contributed by atoms with van der Waals surface area (Å²) in [5.41, 5.74) is 0.723. The zero-order chi connectivity index (χ0) is 14.5. The molecule has 0 N–H and O–H groups in total. The van der Waals surface area contributed by atoms with E-state index in [0.29, 0.717) is 19.0 Å². The molecule has 2 heterocycles. The highest BCUT2D eigenvalue weighted by atomic mass is 79.9. The molecule has 2 rings (SSSR count). The number of halogens is 2. The Hall–Kier alpha value is -0.920. The summed E-state index contributed by atoms with van der Waals surface area (Å²) in [6.07, 6.45) is 4.02. The first-order valence-electron chi connectivity index (χ1n) is 6.00. The van der Waals surface area contributed by atoms with E-state index in [1.165, 1.54) is 11.5 Å². The van der Waals surface area contributed by atoms with Gasteiger partial charge in [-0.25, -0.2) is 4.98 Å². The van der Waals surface area contributed by atoms with Crippen LogP contribution in [0.1, 0.15) is 23.4 Å². The lowest BCUT2D eigenvalue weighted by molar-refractivity contribution is -0.129. The van der Waals surface area contributed by atoms with Crippen molar-refractivity contribution in [2.45, 2.75) is 26.4 Å². The molecule has 0 saturated heterocycles. The first kappa shape index (κ1) is 15.5. The third-order valence-corrected chi connectivity index (χ3v) is 4.61. The highest BCUT2D eigenvalue weighted by Gasteiger charge is 2.18. The molecule has 0 bridgehead atoms. The summed E-state index contributed by atoms with van der Waals surface area (Å²) in [5, 5.41) is 0. The minimum absolute atomic E-state index is 0.0606. The van der Waals surface area contributed by atoms with E-state index >= 15 is 0 Å². The molecule has 8 heteroatoms. The van der Waals surface area contributed by atoms with Gasteiger partial charge >= 0.3 is 0 Å². The summed E-state index contributed by atoms with van der Waals surface area (Å²) in [6.45, 7) is 2.79. The van der Waals surface area contributed by atoms with Gasteiger partial charge in [0.15, 0.2) is 5.89 Å². The number of carbonyl (C=O) groups is 1. The predicted octanol–water partition coefficient (Wildman–Crippen LogP) is 3.22. The lowest BCUT2D eigenvalue weighted by Gasteiger charge is -2.19. The van der Waals surface area contributed by atoms with Gasteiger partial charge in [-0.2, -0.15) is 4.37 Å². The topological polar surface area (TPSA) is 59.2 Å². The fraction of sp³-hybridized carbons (Fsp3) is 0.417. The number of amides is 1. The Bertz CT molecular complexity index is 587. The van der Waals surface area contributed by atoms with E-state index in [1.54, 1.807) is 17.4 Å². The maximum absolute atomic E-state index is 11.9. The van der Waals surface area contributed by atoms with Crippen molar-refractivity contribution in [3.05, 3.63) is 33.4 Å². The number of aryl methyl sites for hydroxylation is 1. The van der Waals surface area contributed by atoms with E-state index in [4.69, 9.17) is 16.0 Å². The van der Waals surface area contributed by atoms with E-state index in [2.05, 4.69) is 25.3 Å². The van der Waals surface area contributed by atoms with Gasteiger partial charge in [-0.1, -0.05) is 6.92 Å². The van der Waals surface area contributed by atoms with Crippen molar-refractivity contribution in [2.75, 3.05) is 5.88 Å². The molecule has 0 aromatic carbocycles. The van der Waals surface area contributed by atoms with Gasteiger partial charge in [0.05, 0.1) is 34.3 Å². The number of hydrogen-bond donors (Lipinski definition) is 0. The Morgan fingerprint density at radius 3 is 2.90 bits per heavy atom. The van der Waals surface area contributed by atoms with E-state index in [1.807, 2.05) is 6.92 Å². The van der Waals surface area contributed by atoms with Crippen LogP contribution in [0.4, 0.5) is 0 Å². The van der Waals surface area contributed by atoms with Crippen LogP contribution in [0.15, 0.2) is 21.3 Å². The molecule has 0 aliphatic rings. The number of nitrogens with zero attached hydrogens (tertiary/aromatic N) is 3. The Morgan fingerprint density at radius 2 is 2.35 bits per heavy atom. The Labute approximate surface area is 134 Å². The molecule has 5 nitrogen and oxygen atoms in total. The molecule has 20 heavy (non-hydrogen) atoms. The van der Waals surface area contributed by atoms with Gasteiger partial charge in [-0.3, -0.25) is 4.79 Å². The quantitative estimate of drug-likeness (QED) is 0.724. The van der Waals surface area contributed by atoms with Crippen molar-refractivity contribution in [1.29, 1.82) is 0 Å². The minimum Gasteiger partial charge on any atom is -0.449 e. The molecule has 0 aliphatic heterocycles. The maximum Gasteiger partial charge on any atom is 0.238 e. The summed E-state index contributed by atoms with van der Waals surface area (Å²) < 4.78 is 10.3. The first-order valence-corrected chi connectivity index (χ1v) is 8.10. The van der Waals surface area contributed by atoms with Crippen LogP contribution in [0.5, 0.6) is 0 Å². The summed E-state index contributed by atoms with van der Waals surface area (Å²) in [6, 6.07) is 0. The van der Waals surface area contributed by atoms with Crippen LogP contribution >= 0.6 is 39.1 Å². The first-order chi connectivity index (χ1) is 9.63. The van der Waals surface area contributed by atoms with E-state index in [0.717, 1.165) is 21.5 Å². The van der Waals surface area contributed by atoms with Gasteiger partial charge in [0.1, 0.15) is 12.1 Å². The maximum atomic E-state index is 11.9. The van der Waals surface area contributed by atoms with E-state index in [9.17, 15) is 4.79 Å². The zero-order valence-corrected chi connectivity index (χ0v) is 14.0. The summed E-state index contributed by atoms with van der Waals surface area (Å²) in [5.74, 6) is 0.458. The van der Waals surface area contributed by atoms with E-state index in [-0.39, 0.29) is 11.8 Å². The third-order valence-electron chi connectivity index (χ3n) is 2.65. The van der Waals surface area contributed by atoms with Crippen LogP contribution in [0.25, 0.3) is 0 Å². The van der Waals surface area contributed by atoms with Gasteiger partial charge in [0.2, 0.25) is 5.91 Å². The van der Waals surface area contributed by atoms with Crippen LogP contribution in [0.2, 0.25) is 0 Å². The van der Waals surface area contributed by atoms with Crippen molar-refractivity contribution in [1.82, 2.24) is 14.3 Å². The van der Waals surface area contributed by atoms with Gasteiger partial charge < -0.3 is 9.32 Å². The number of hydrogen-bond acceptors (Lipinski definition) is 5. The minimum atomic E-state index is -0.145. The van der Waals surface area contributed by atoms with Crippen molar-refractivity contribution >= 4 is 45.0 Å². The number of rotatable bonds is 6. The summed E-state index contributed by atoms with van der Waals surface area (Å²) >= 11 is 10.4. The molecular weight excluding hydrogens is 366 g/mol. The zero-order valence-electron chi connectivity index (χ0n) is 10.8. The lowest BCUT2D eigenvalue weighted by Crippen LogP contribution is -2.31. The normalized spacial score (nSPS) is 10.8. The van der Waals surface area contributed by atoms with Crippen LogP contribution in [0.3, 0.4) is 0 Å². The number of alkyl halides is 1. The second kappa shape index (κ2) is 7.19. The highest BCUT2D eigenvalue weighted by Crippen LogP contribution is 2.22. The average Bonchev–Trinajstić information content (AvgIpc) is 3.07. The van der Waals surface area contributed by atoms with Crippen LogP contribution in [0, 0.1) is 0 Å². The molecule has 0 unspecified atom stereocenters. The molecule has 0 atom stereocenters. The molecule has 2 aromatic heterocycles. The SMILES string of the molecule is CCc1nc(CN(Cc2sncc2Br)C(=O)CCl)co1. The largest absolute Gasteiger partial charge is 0.449 e. The lowest BCUT2D eigenvalue weighted by atomic mass is 10.3. The monoisotopic (exact) mass is 377 g/mol. The van der Waals surface area contributed by atoms with Gasteiger partial charge in [0.25, 0.3) is 0 Å². The van der Waals surface area contributed by atoms with Crippen LogP contribution in [-0.2, 0) is 24.3 Å². The Kier molecular flexibility index (Phi) is 5.56. The second-order valence-corrected chi connectivity index (χ2v) is 6.07. The number of carbonyl (C=O) groups excluding carboxylic acids is 1. The van der Waals surface area contributed by atoms with Crippen LogP contribution < -0.4 is 0 Å². The molecule has 0 aliphatic carbocycles. The van der Waals surface area contributed by atoms with Gasteiger partial charge in [-0.15, -0.1) is 11.6 Å². The molecule has 1 amide bonds. The van der Waals surface area contributed by atoms with Crippen molar-refractivity contribution in [3.63, 3.8) is 0 Å². The smallest absolute Gasteiger partial charge is 0.238 e. The Balaban J connectivity index is 2.11.